The molecule has 0 amide bonds. The van der Waals surface area contributed by atoms with Crippen LogP contribution in [0.5, 0.6) is 0 Å². The molecule has 0 aromatic carbocycles. The Labute approximate surface area is 145 Å². The number of aliphatic carboxylic acids is 1. The summed E-state index contributed by atoms with van der Waals surface area (Å²) in [5, 5.41) is 18.7. The number of hydrogen-bond acceptors (Lipinski definition) is 3. The molecule has 2 fully saturated rings. The minimum atomic E-state index is -0.725. The summed E-state index contributed by atoms with van der Waals surface area (Å²) in [6.45, 7) is 2.14. The number of rotatable bonds is 11. The van der Waals surface area contributed by atoms with Crippen LogP contribution in [-0.2, 0) is 9.53 Å². The van der Waals surface area contributed by atoms with Gasteiger partial charge in [0.2, 0.25) is 0 Å². The van der Waals surface area contributed by atoms with Crippen molar-refractivity contribution in [2.75, 3.05) is 0 Å². The number of aliphatic hydroxyl groups excluding tert-OH is 1. The lowest BCUT2D eigenvalue weighted by Gasteiger charge is -2.25. The van der Waals surface area contributed by atoms with Gasteiger partial charge in [-0.15, -0.1) is 0 Å². The monoisotopic (exact) mass is 336 g/mol. The van der Waals surface area contributed by atoms with E-state index in [9.17, 15) is 9.90 Å². The van der Waals surface area contributed by atoms with E-state index in [0.717, 1.165) is 44.9 Å². The Hall–Kier alpha value is -1.13. The minimum absolute atomic E-state index is 0.239. The van der Waals surface area contributed by atoms with Crippen LogP contribution in [0.4, 0.5) is 0 Å². The number of allylic oxidation sites excluding steroid dienone is 2. The van der Waals surface area contributed by atoms with Crippen molar-refractivity contribution in [3.05, 3.63) is 24.3 Å². The van der Waals surface area contributed by atoms with Crippen molar-refractivity contribution >= 4 is 5.97 Å². The third kappa shape index (κ3) is 5.75. The van der Waals surface area contributed by atoms with Gasteiger partial charge in [-0.3, -0.25) is 4.79 Å². The van der Waals surface area contributed by atoms with Crippen LogP contribution in [0.1, 0.15) is 64.7 Å². The van der Waals surface area contributed by atoms with Gasteiger partial charge in [-0.25, -0.2) is 0 Å². The van der Waals surface area contributed by atoms with Crippen LogP contribution in [0.25, 0.3) is 0 Å². The van der Waals surface area contributed by atoms with Crippen molar-refractivity contribution in [1.82, 2.24) is 0 Å². The van der Waals surface area contributed by atoms with Crippen LogP contribution in [0, 0.1) is 11.8 Å². The Morgan fingerprint density at radius 2 is 2.04 bits per heavy atom. The molecule has 2 heterocycles. The van der Waals surface area contributed by atoms with Crippen molar-refractivity contribution in [1.29, 1.82) is 0 Å². The molecule has 2 saturated heterocycles. The van der Waals surface area contributed by atoms with Crippen LogP contribution >= 0.6 is 0 Å². The van der Waals surface area contributed by atoms with E-state index in [1.54, 1.807) is 0 Å². The second kappa shape index (κ2) is 10.00. The first-order chi connectivity index (χ1) is 11.6. The lowest BCUT2D eigenvalue weighted by Crippen LogP contribution is -2.25. The molecule has 2 bridgehead atoms. The standard InChI is InChI=1S/C20H32O4/c1-2-3-8-15(21)11-12-17-16(18-13-14-19(17)24-18)9-6-4-5-7-10-20(22)23/h4,6,11-12,15-19,21H,2-3,5,7-10,13-14H2,1H3,(H,22,23)/b6-4-,12-11+/t15-,16?,17?,18?,19?/m1/s1. The van der Waals surface area contributed by atoms with Crippen LogP contribution in [0.15, 0.2) is 24.3 Å². The van der Waals surface area contributed by atoms with E-state index in [-0.39, 0.29) is 12.5 Å². The van der Waals surface area contributed by atoms with Crippen molar-refractivity contribution in [3.63, 3.8) is 0 Å². The summed E-state index contributed by atoms with van der Waals surface area (Å²) < 4.78 is 6.08. The SMILES string of the molecule is CCCC[C@@H](O)/C=C/C1C2CCC(O2)C1C/C=C\CCCC(=O)O. The van der Waals surface area contributed by atoms with E-state index >= 15 is 0 Å². The van der Waals surface area contributed by atoms with E-state index in [1.165, 1.54) is 0 Å². The fourth-order valence-corrected chi connectivity index (χ4v) is 3.89. The number of carbonyl (C=O) groups is 1. The predicted molar refractivity (Wildman–Crippen MR) is 94.8 cm³/mol. The Bertz CT molecular complexity index is 443. The second-order valence-corrected chi connectivity index (χ2v) is 7.12. The highest BCUT2D eigenvalue weighted by molar-refractivity contribution is 5.66. The Kier molecular flexibility index (Phi) is 8.00. The Morgan fingerprint density at radius 1 is 1.25 bits per heavy atom. The summed E-state index contributed by atoms with van der Waals surface area (Å²) in [5.41, 5.74) is 0. The summed E-state index contributed by atoms with van der Waals surface area (Å²) in [7, 11) is 0. The Morgan fingerprint density at radius 3 is 2.79 bits per heavy atom. The summed E-state index contributed by atoms with van der Waals surface area (Å²) in [5.74, 6) is 0.175. The molecule has 4 unspecified atom stereocenters. The molecule has 2 aliphatic heterocycles. The average molecular weight is 336 g/mol. The lowest BCUT2D eigenvalue weighted by atomic mass is 9.77. The zero-order chi connectivity index (χ0) is 17.4. The summed E-state index contributed by atoms with van der Waals surface area (Å²) in [6, 6.07) is 0. The fourth-order valence-electron chi connectivity index (χ4n) is 3.89. The molecule has 0 saturated carbocycles. The number of hydrogen-bond donors (Lipinski definition) is 2. The summed E-state index contributed by atoms with van der Waals surface area (Å²) in [4.78, 5) is 10.5. The lowest BCUT2D eigenvalue weighted by molar-refractivity contribution is -0.137. The first-order valence-electron chi connectivity index (χ1n) is 9.50. The van der Waals surface area contributed by atoms with Gasteiger partial charge >= 0.3 is 5.97 Å². The third-order valence-electron chi connectivity index (χ3n) is 5.23. The molecule has 0 spiro atoms. The van der Waals surface area contributed by atoms with Gasteiger partial charge in [0.25, 0.3) is 0 Å². The van der Waals surface area contributed by atoms with Crippen LogP contribution in [0.3, 0.4) is 0 Å². The highest BCUT2D eigenvalue weighted by Gasteiger charge is 2.46. The van der Waals surface area contributed by atoms with Gasteiger partial charge in [-0.05, 0) is 44.4 Å². The topological polar surface area (TPSA) is 66.8 Å². The maximum atomic E-state index is 10.5. The van der Waals surface area contributed by atoms with Crippen molar-refractivity contribution in [3.8, 4) is 0 Å². The zero-order valence-electron chi connectivity index (χ0n) is 14.8. The number of carboxylic acid groups (broad SMARTS) is 1. The van der Waals surface area contributed by atoms with Gasteiger partial charge in [-0.1, -0.05) is 44.1 Å². The van der Waals surface area contributed by atoms with Crippen LogP contribution in [-0.4, -0.2) is 34.5 Å². The average Bonchev–Trinajstić information content (AvgIpc) is 3.15. The normalized spacial score (nSPS) is 30.6. The van der Waals surface area contributed by atoms with Gasteiger partial charge in [0.1, 0.15) is 0 Å². The maximum Gasteiger partial charge on any atom is 0.303 e. The molecule has 4 nitrogen and oxygen atoms in total. The molecular formula is C20H32O4. The molecule has 0 radical (unpaired) electrons. The zero-order valence-corrected chi connectivity index (χ0v) is 14.8. The maximum absolute atomic E-state index is 10.5. The molecule has 136 valence electrons. The molecule has 5 atom stereocenters. The molecule has 0 aromatic rings. The third-order valence-corrected chi connectivity index (χ3v) is 5.23. The largest absolute Gasteiger partial charge is 0.481 e. The molecular weight excluding hydrogens is 304 g/mol. The predicted octanol–water partition coefficient (Wildman–Crippen LogP) is 4.09. The van der Waals surface area contributed by atoms with Gasteiger partial charge in [0, 0.05) is 12.3 Å². The Balaban J connectivity index is 1.80. The van der Waals surface area contributed by atoms with E-state index < -0.39 is 5.97 Å². The highest BCUT2D eigenvalue weighted by Crippen LogP contribution is 2.45. The van der Waals surface area contributed by atoms with E-state index in [4.69, 9.17) is 9.84 Å². The molecule has 2 rings (SSSR count). The smallest absolute Gasteiger partial charge is 0.303 e. The van der Waals surface area contributed by atoms with Crippen LogP contribution < -0.4 is 0 Å². The summed E-state index contributed by atoms with van der Waals surface area (Å²) in [6.07, 6.45) is 16.8. The van der Waals surface area contributed by atoms with E-state index in [0.29, 0.717) is 30.5 Å². The van der Waals surface area contributed by atoms with Gasteiger partial charge in [-0.2, -0.15) is 0 Å². The highest BCUT2D eigenvalue weighted by atomic mass is 16.5. The van der Waals surface area contributed by atoms with E-state index in [2.05, 4.69) is 25.2 Å². The quantitative estimate of drug-likeness (QED) is 0.440. The van der Waals surface area contributed by atoms with Crippen molar-refractivity contribution in [2.24, 2.45) is 11.8 Å². The molecule has 2 aliphatic rings. The number of aliphatic hydroxyl groups is 1. The van der Waals surface area contributed by atoms with Gasteiger partial charge in [0.05, 0.1) is 18.3 Å². The van der Waals surface area contributed by atoms with E-state index in [1.807, 2.05) is 6.08 Å². The molecule has 2 N–H and O–H groups in total. The molecule has 24 heavy (non-hydrogen) atoms. The van der Waals surface area contributed by atoms with Gasteiger partial charge < -0.3 is 14.9 Å². The molecule has 4 heteroatoms. The fraction of sp³-hybridized carbons (Fsp3) is 0.750. The summed E-state index contributed by atoms with van der Waals surface area (Å²) >= 11 is 0. The van der Waals surface area contributed by atoms with Crippen molar-refractivity contribution < 1.29 is 19.7 Å². The number of fused-ring (bicyclic) bond motifs is 2. The molecule has 0 aromatic heterocycles. The number of ether oxygens (including phenoxy) is 1. The van der Waals surface area contributed by atoms with Crippen molar-refractivity contribution in [2.45, 2.75) is 83.0 Å². The molecule has 0 aliphatic carbocycles. The second-order valence-electron chi connectivity index (χ2n) is 7.12. The van der Waals surface area contributed by atoms with Crippen LogP contribution in [0.2, 0.25) is 0 Å². The number of unbranched alkanes of at least 4 members (excludes halogenated alkanes) is 2. The first-order valence-corrected chi connectivity index (χ1v) is 9.50. The first kappa shape index (κ1) is 19.2. The number of carboxylic acids is 1. The minimum Gasteiger partial charge on any atom is -0.481 e. The van der Waals surface area contributed by atoms with Gasteiger partial charge in [0.15, 0.2) is 0 Å².